The van der Waals surface area contributed by atoms with Gasteiger partial charge >= 0.3 is 0 Å². The van der Waals surface area contributed by atoms with E-state index in [-0.39, 0.29) is 17.4 Å². The molecule has 26 heavy (non-hydrogen) atoms. The van der Waals surface area contributed by atoms with Crippen LogP contribution in [0.15, 0.2) is 30.3 Å². The second-order valence-corrected chi connectivity index (χ2v) is 8.45. The van der Waals surface area contributed by atoms with Crippen molar-refractivity contribution in [2.45, 2.75) is 52.2 Å². The van der Waals surface area contributed by atoms with Crippen LogP contribution in [0, 0.1) is 17.2 Å². The number of benzene rings is 1. The molecule has 1 aromatic carbocycles. The fourth-order valence-electron chi connectivity index (χ4n) is 3.36. The molecule has 0 aliphatic carbocycles. The summed E-state index contributed by atoms with van der Waals surface area (Å²) in [6.45, 7) is 14.0. The molecule has 1 saturated heterocycles. The van der Waals surface area contributed by atoms with E-state index in [2.05, 4.69) is 59.3 Å². The van der Waals surface area contributed by atoms with Gasteiger partial charge in [0.2, 0.25) is 5.91 Å². The third-order valence-corrected chi connectivity index (χ3v) is 5.52. The molecule has 1 heterocycles. The molecule has 0 bridgehead atoms. The van der Waals surface area contributed by atoms with Crippen LogP contribution >= 0.6 is 0 Å². The average molecular weight is 357 g/mol. The molecule has 1 unspecified atom stereocenters. The molecule has 1 aliphatic heterocycles. The fourth-order valence-corrected chi connectivity index (χ4v) is 3.36. The van der Waals surface area contributed by atoms with Crippen molar-refractivity contribution in [2.75, 3.05) is 26.2 Å². The molecular formula is C21H32N4O. The predicted octanol–water partition coefficient (Wildman–Crippen LogP) is 2.64. The van der Waals surface area contributed by atoms with E-state index in [9.17, 15) is 10.1 Å². The number of hydrogen-bond donors (Lipinski definition) is 1. The molecule has 1 fully saturated rings. The fraction of sp³-hybridized carbons (Fsp3) is 0.619. The van der Waals surface area contributed by atoms with Crippen LogP contribution < -0.4 is 5.32 Å². The van der Waals surface area contributed by atoms with Crippen molar-refractivity contribution in [3.8, 4) is 6.07 Å². The van der Waals surface area contributed by atoms with Gasteiger partial charge in [0, 0.05) is 31.7 Å². The first-order chi connectivity index (χ1) is 12.2. The molecule has 0 radical (unpaired) electrons. The SMILES string of the molecule is CC(C)C(C)(C#N)NC(=O)CN1CCN(Cc2ccccc2)C(C)(C)C1. The first kappa shape index (κ1) is 20.4. The second-order valence-electron chi connectivity index (χ2n) is 8.45. The van der Waals surface area contributed by atoms with Gasteiger partial charge < -0.3 is 5.32 Å². The van der Waals surface area contributed by atoms with E-state index < -0.39 is 5.54 Å². The zero-order valence-corrected chi connectivity index (χ0v) is 16.7. The summed E-state index contributed by atoms with van der Waals surface area (Å²) in [6.07, 6.45) is 0. The smallest absolute Gasteiger partial charge is 0.235 e. The molecule has 5 nitrogen and oxygen atoms in total. The van der Waals surface area contributed by atoms with Gasteiger partial charge in [-0.15, -0.1) is 0 Å². The van der Waals surface area contributed by atoms with Crippen LogP contribution in [0.1, 0.15) is 40.2 Å². The standard InChI is InChI=1S/C21H32N4O/c1-17(2)21(5,15-22)23-19(26)14-24-11-12-25(20(3,4)16-24)13-18-9-7-6-8-10-18/h6-10,17H,11-14,16H2,1-5H3,(H,23,26). The summed E-state index contributed by atoms with van der Waals surface area (Å²) in [5.41, 5.74) is 0.487. The first-order valence-corrected chi connectivity index (χ1v) is 9.40. The zero-order valence-electron chi connectivity index (χ0n) is 16.7. The Morgan fingerprint density at radius 2 is 1.96 bits per heavy atom. The summed E-state index contributed by atoms with van der Waals surface area (Å²) >= 11 is 0. The Hall–Kier alpha value is -1.90. The Kier molecular flexibility index (Phi) is 6.44. The first-order valence-electron chi connectivity index (χ1n) is 9.40. The van der Waals surface area contributed by atoms with E-state index in [1.807, 2.05) is 19.9 Å². The maximum atomic E-state index is 12.5. The van der Waals surface area contributed by atoms with E-state index in [1.54, 1.807) is 6.92 Å². The van der Waals surface area contributed by atoms with Gasteiger partial charge in [-0.3, -0.25) is 14.6 Å². The monoisotopic (exact) mass is 356 g/mol. The highest BCUT2D eigenvalue weighted by Gasteiger charge is 2.35. The van der Waals surface area contributed by atoms with Crippen LogP contribution in [0.25, 0.3) is 0 Å². The minimum atomic E-state index is -0.818. The van der Waals surface area contributed by atoms with Gasteiger partial charge in [-0.25, -0.2) is 0 Å². The number of hydrogen-bond acceptors (Lipinski definition) is 4. The largest absolute Gasteiger partial charge is 0.337 e. The van der Waals surface area contributed by atoms with Gasteiger partial charge in [-0.05, 0) is 32.3 Å². The molecule has 2 rings (SSSR count). The van der Waals surface area contributed by atoms with Gasteiger partial charge in [0.25, 0.3) is 0 Å². The predicted molar refractivity (Wildman–Crippen MR) is 104 cm³/mol. The van der Waals surface area contributed by atoms with E-state index in [0.717, 1.165) is 26.2 Å². The summed E-state index contributed by atoms with van der Waals surface area (Å²) in [5.74, 6) is -0.00864. The second kappa shape index (κ2) is 8.20. The van der Waals surface area contributed by atoms with Crippen molar-refractivity contribution in [1.82, 2.24) is 15.1 Å². The average Bonchev–Trinajstić information content (AvgIpc) is 2.57. The molecule has 1 amide bonds. The molecular weight excluding hydrogens is 324 g/mol. The van der Waals surface area contributed by atoms with Crippen LogP contribution in [0.4, 0.5) is 0 Å². The highest BCUT2D eigenvalue weighted by Crippen LogP contribution is 2.23. The maximum Gasteiger partial charge on any atom is 0.235 e. The molecule has 5 heteroatoms. The highest BCUT2D eigenvalue weighted by atomic mass is 16.2. The number of nitrogens with one attached hydrogen (secondary N) is 1. The Labute approximate surface area is 158 Å². The lowest BCUT2D eigenvalue weighted by Gasteiger charge is -2.47. The summed E-state index contributed by atoms with van der Waals surface area (Å²) in [5, 5.41) is 12.3. The zero-order chi connectivity index (χ0) is 19.4. The van der Waals surface area contributed by atoms with E-state index >= 15 is 0 Å². The highest BCUT2D eigenvalue weighted by molar-refractivity contribution is 5.79. The topological polar surface area (TPSA) is 59.4 Å². The Bertz CT molecular complexity index is 650. The number of rotatable bonds is 6. The van der Waals surface area contributed by atoms with Crippen LogP contribution in [0.5, 0.6) is 0 Å². The van der Waals surface area contributed by atoms with Crippen molar-refractivity contribution in [2.24, 2.45) is 5.92 Å². The number of carbonyl (C=O) groups is 1. The third kappa shape index (κ3) is 5.06. The van der Waals surface area contributed by atoms with Crippen molar-refractivity contribution in [1.29, 1.82) is 5.26 Å². The molecule has 1 atom stereocenters. The van der Waals surface area contributed by atoms with Crippen LogP contribution in [-0.4, -0.2) is 53.0 Å². The molecule has 142 valence electrons. The van der Waals surface area contributed by atoms with Crippen molar-refractivity contribution >= 4 is 5.91 Å². The number of nitrogens with zero attached hydrogens (tertiary/aromatic N) is 3. The molecule has 0 saturated carbocycles. The van der Waals surface area contributed by atoms with Crippen LogP contribution in [-0.2, 0) is 11.3 Å². The van der Waals surface area contributed by atoms with Gasteiger partial charge in [-0.1, -0.05) is 44.2 Å². The van der Waals surface area contributed by atoms with E-state index in [4.69, 9.17) is 0 Å². The minimum absolute atomic E-state index is 0.00898. The Morgan fingerprint density at radius 1 is 1.31 bits per heavy atom. The van der Waals surface area contributed by atoms with E-state index in [1.165, 1.54) is 5.56 Å². The summed E-state index contributed by atoms with van der Waals surface area (Å²) in [7, 11) is 0. The molecule has 0 spiro atoms. The summed E-state index contributed by atoms with van der Waals surface area (Å²) in [6, 6.07) is 12.7. The number of amides is 1. The molecule has 0 aromatic heterocycles. The lowest BCUT2D eigenvalue weighted by Crippen LogP contribution is -2.61. The van der Waals surface area contributed by atoms with Crippen LogP contribution in [0.3, 0.4) is 0 Å². The Morgan fingerprint density at radius 3 is 2.50 bits per heavy atom. The molecule has 1 aromatic rings. The van der Waals surface area contributed by atoms with Crippen molar-refractivity contribution in [3.63, 3.8) is 0 Å². The lowest BCUT2D eigenvalue weighted by atomic mass is 9.90. The molecule has 1 aliphatic rings. The van der Waals surface area contributed by atoms with Gasteiger partial charge in [0.05, 0.1) is 12.6 Å². The van der Waals surface area contributed by atoms with Gasteiger partial charge in [0.15, 0.2) is 0 Å². The summed E-state index contributed by atoms with van der Waals surface area (Å²) in [4.78, 5) is 17.1. The quantitative estimate of drug-likeness (QED) is 0.851. The summed E-state index contributed by atoms with van der Waals surface area (Å²) < 4.78 is 0. The van der Waals surface area contributed by atoms with Crippen molar-refractivity contribution < 1.29 is 4.79 Å². The third-order valence-electron chi connectivity index (χ3n) is 5.52. The molecule has 1 N–H and O–H groups in total. The Balaban J connectivity index is 1.93. The number of piperazine rings is 1. The normalized spacial score (nSPS) is 20.3. The van der Waals surface area contributed by atoms with Gasteiger partial charge in [0.1, 0.15) is 5.54 Å². The maximum absolute atomic E-state index is 12.5. The van der Waals surface area contributed by atoms with Crippen molar-refractivity contribution in [3.05, 3.63) is 35.9 Å². The van der Waals surface area contributed by atoms with E-state index in [0.29, 0.717) is 6.54 Å². The lowest BCUT2D eigenvalue weighted by molar-refractivity contribution is -0.125. The minimum Gasteiger partial charge on any atom is -0.337 e. The van der Waals surface area contributed by atoms with Crippen LogP contribution in [0.2, 0.25) is 0 Å². The van der Waals surface area contributed by atoms with Gasteiger partial charge in [-0.2, -0.15) is 5.26 Å². The number of nitriles is 1. The number of carbonyl (C=O) groups excluding carboxylic acids is 1.